The number of aliphatic hydroxyl groups excluding tert-OH is 3. The van der Waals surface area contributed by atoms with Gasteiger partial charge in [-0.25, -0.2) is 0 Å². The molecule has 0 heterocycles. The molecule has 0 aliphatic rings. The van der Waals surface area contributed by atoms with Gasteiger partial charge in [0.2, 0.25) is 0 Å². The third kappa shape index (κ3) is 5.09. The lowest BCUT2D eigenvalue weighted by Crippen LogP contribution is -2.29. The van der Waals surface area contributed by atoms with Crippen LogP contribution >= 0.6 is 0 Å². The number of rotatable bonds is 9. The van der Waals surface area contributed by atoms with Crippen molar-refractivity contribution in [2.75, 3.05) is 20.3 Å². The lowest BCUT2D eigenvalue weighted by atomic mass is 10.0. The molecule has 0 aliphatic heterocycles. The first kappa shape index (κ1) is 19.1. The Morgan fingerprint density at radius 1 is 1.04 bits per heavy atom. The van der Waals surface area contributed by atoms with E-state index in [4.69, 9.17) is 14.6 Å². The van der Waals surface area contributed by atoms with E-state index in [2.05, 4.69) is 0 Å². The van der Waals surface area contributed by atoms with Gasteiger partial charge in [0.05, 0.1) is 13.7 Å². The molecule has 2 unspecified atom stereocenters. The Hall–Kier alpha value is -2.28. The first-order valence-electron chi connectivity index (χ1n) is 8.11. The zero-order chi connectivity index (χ0) is 18.2. The van der Waals surface area contributed by atoms with Gasteiger partial charge in [-0.2, -0.15) is 0 Å². The summed E-state index contributed by atoms with van der Waals surface area (Å²) in [5.74, 6) is 0.733. The Balaban J connectivity index is 2.08. The van der Waals surface area contributed by atoms with Gasteiger partial charge in [-0.15, -0.1) is 0 Å². The summed E-state index contributed by atoms with van der Waals surface area (Å²) in [7, 11) is 1.42. The highest BCUT2D eigenvalue weighted by molar-refractivity contribution is 5.42. The van der Waals surface area contributed by atoms with E-state index in [0.29, 0.717) is 17.7 Å². The fourth-order valence-corrected chi connectivity index (χ4v) is 2.49. The molecule has 0 aromatic heterocycles. The summed E-state index contributed by atoms with van der Waals surface area (Å²) in [6.45, 7) is -0.232. The van der Waals surface area contributed by atoms with Crippen LogP contribution in [0, 0.1) is 0 Å². The average molecular weight is 348 g/mol. The van der Waals surface area contributed by atoms with Crippen LogP contribution in [0.5, 0.6) is 17.2 Å². The highest BCUT2D eigenvalue weighted by Crippen LogP contribution is 2.31. The fourth-order valence-electron chi connectivity index (χ4n) is 2.49. The number of methoxy groups -OCH3 is 1. The third-order valence-corrected chi connectivity index (χ3v) is 3.91. The van der Waals surface area contributed by atoms with Crippen molar-refractivity contribution >= 4 is 0 Å². The standard InChI is InChI=1S/C19H24O6/c1-24-17-11-14(6-9-16(17)22)19(23)18(12-21)25-15-7-4-13(5-8-15)3-2-10-20/h4-9,11,18-23H,2-3,10,12H2,1H3. The van der Waals surface area contributed by atoms with Gasteiger partial charge in [0.1, 0.15) is 11.9 Å². The van der Waals surface area contributed by atoms with E-state index in [1.54, 1.807) is 18.2 Å². The van der Waals surface area contributed by atoms with Crippen molar-refractivity contribution in [2.24, 2.45) is 0 Å². The smallest absolute Gasteiger partial charge is 0.160 e. The van der Waals surface area contributed by atoms with Gasteiger partial charge in [-0.1, -0.05) is 18.2 Å². The Morgan fingerprint density at radius 3 is 2.36 bits per heavy atom. The van der Waals surface area contributed by atoms with Gasteiger partial charge in [0.15, 0.2) is 17.6 Å². The van der Waals surface area contributed by atoms with E-state index in [0.717, 1.165) is 12.0 Å². The first-order chi connectivity index (χ1) is 12.1. The van der Waals surface area contributed by atoms with Crippen LogP contribution in [0.25, 0.3) is 0 Å². The lowest BCUT2D eigenvalue weighted by Gasteiger charge is -2.23. The lowest BCUT2D eigenvalue weighted by molar-refractivity contribution is 0.000658. The maximum Gasteiger partial charge on any atom is 0.160 e. The number of hydrogen-bond acceptors (Lipinski definition) is 6. The van der Waals surface area contributed by atoms with E-state index < -0.39 is 12.2 Å². The van der Waals surface area contributed by atoms with Crippen molar-refractivity contribution in [1.82, 2.24) is 0 Å². The van der Waals surface area contributed by atoms with E-state index in [1.807, 2.05) is 12.1 Å². The normalized spacial score (nSPS) is 13.3. The van der Waals surface area contributed by atoms with Crippen LogP contribution in [0.2, 0.25) is 0 Å². The minimum Gasteiger partial charge on any atom is -0.504 e. The molecule has 2 aromatic carbocycles. The van der Waals surface area contributed by atoms with Crippen molar-refractivity contribution < 1.29 is 29.9 Å². The molecule has 0 saturated carbocycles. The second-order valence-corrected chi connectivity index (χ2v) is 5.69. The zero-order valence-corrected chi connectivity index (χ0v) is 14.1. The van der Waals surface area contributed by atoms with Gasteiger partial charge in [0, 0.05) is 6.61 Å². The van der Waals surface area contributed by atoms with Crippen LogP contribution in [0.4, 0.5) is 0 Å². The minimum absolute atomic E-state index is 0.0293. The molecule has 4 N–H and O–H groups in total. The molecule has 0 amide bonds. The Labute approximate surface area is 146 Å². The molecular formula is C19H24O6. The summed E-state index contributed by atoms with van der Waals surface area (Å²) in [6.07, 6.45) is -0.483. The Morgan fingerprint density at radius 2 is 1.76 bits per heavy atom. The molecule has 6 heteroatoms. The molecule has 0 fully saturated rings. The molecule has 0 radical (unpaired) electrons. The molecular weight excluding hydrogens is 324 g/mol. The van der Waals surface area contributed by atoms with Crippen LogP contribution < -0.4 is 9.47 Å². The number of phenols is 1. The second-order valence-electron chi connectivity index (χ2n) is 5.69. The third-order valence-electron chi connectivity index (χ3n) is 3.91. The van der Waals surface area contributed by atoms with Crippen molar-refractivity contribution in [3.63, 3.8) is 0 Å². The van der Waals surface area contributed by atoms with Gasteiger partial charge >= 0.3 is 0 Å². The fraction of sp³-hybridized carbons (Fsp3) is 0.368. The van der Waals surface area contributed by atoms with Gasteiger partial charge in [-0.3, -0.25) is 0 Å². The summed E-state index contributed by atoms with van der Waals surface area (Å²) >= 11 is 0. The molecule has 136 valence electrons. The van der Waals surface area contributed by atoms with Crippen LogP contribution in [0.15, 0.2) is 42.5 Å². The van der Waals surface area contributed by atoms with Crippen molar-refractivity contribution in [3.05, 3.63) is 53.6 Å². The number of aliphatic hydroxyl groups is 3. The predicted molar refractivity (Wildman–Crippen MR) is 93.0 cm³/mol. The van der Waals surface area contributed by atoms with Gasteiger partial charge in [-0.05, 0) is 48.2 Å². The monoisotopic (exact) mass is 348 g/mol. The molecule has 0 aliphatic carbocycles. The zero-order valence-electron chi connectivity index (χ0n) is 14.1. The number of ether oxygens (including phenoxy) is 2. The van der Waals surface area contributed by atoms with E-state index in [9.17, 15) is 15.3 Å². The highest BCUT2D eigenvalue weighted by atomic mass is 16.5. The first-order valence-corrected chi connectivity index (χ1v) is 8.11. The minimum atomic E-state index is -1.09. The van der Waals surface area contributed by atoms with E-state index in [-0.39, 0.29) is 24.7 Å². The van der Waals surface area contributed by atoms with E-state index >= 15 is 0 Å². The van der Waals surface area contributed by atoms with Crippen LogP contribution in [-0.2, 0) is 6.42 Å². The summed E-state index contributed by atoms with van der Waals surface area (Å²) in [6, 6.07) is 11.8. The number of aryl methyl sites for hydroxylation is 1. The van der Waals surface area contributed by atoms with Crippen molar-refractivity contribution in [1.29, 1.82) is 0 Å². The molecule has 2 aromatic rings. The van der Waals surface area contributed by atoms with Crippen molar-refractivity contribution in [2.45, 2.75) is 25.0 Å². The quantitative estimate of drug-likeness (QED) is 0.551. The summed E-state index contributed by atoms with van der Waals surface area (Å²) in [5.41, 5.74) is 1.54. The molecule has 0 bridgehead atoms. The van der Waals surface area contributed by atoms with Gasteiger partial charge < -0.3 is 29.9 Å². The van der Waals surface area contributed by atoms with Crippen molar-refractivity contribution in [3.8, 4) is 17.2 Å². The highest BCUT2D eigenvalue weighted by Gasteiger charge is 2.23. The average Bonchev–Trinajstić information content (AvgIpc) is 2.65. The van der Waals surface area contributed by atoms with Crippen LogP contribution in [0.3, 0.4) is 0 Å². The summed E-state index contributed by atoms with van der Waals surface area (Å²) < 4.78 is 10.7. The molecule has 6 nitrogen and oxygen atoms in total. The SMILES string of the molecule is COc1cc(C(O)C(CO)Oc2ccc(CCCO)cc2)ccc1O. The predicted octanol–water partition coefficient (Wildman–Crippen LogP) is 1.80. The van der Waals surface area contributed by atoms with Gasteiger partial charge in [0.25, 0.3) is 0 Å². The van der Waals surface area contributed by atoms with Crippen LogP contribution in [-0.4, -0.2) is 46.9 Å². The summed E-state index contributed by atoms with van der Waals surface area (Å²) in [5, 5.41) is 38.5. The molecule has 2 rings (SSSR count). The maximum atomic E-state index is 10.5. The number of aromatic hydroxyl groups is 1. The Bertz CT molecular complexity index is 655. The number of phenolic OH excluding ortho intramolecular Hbond substituents is 1. The second kappa shape index (κ2) is 9.27. The number of hydrogen-bond donors (Lipinski definition) is 4. The molecule has 2 atom stereocenters. The topological polar surface area (TPSA) is 99.4 Å². The summed E-state index contributed by atoms with van der Waals surface area (Å²) in [4.78, 5) is 0. The molecule has 0 saturated heterocycles. The number of benzene rings is 2. The largest absolute Gasteiger partial charge is 0.504 e. The molecule has 25 heavy (non-hydrogen) atoms. The van der Waals surface area contributed by atoms with Crippen LogP contribution in [0.1, 0.15) is 23.7 Å². The molecule has 0 spiro atoms. The Kier molecular flexibility index (Phi) is 7.06. The maximum absolute atomic E-state index is 10.5. The van der Waals surface area contributed by atoms with E-state index in [1.165, 1.54) is 19.2 Å².